The zero-order valence-electron chi connectivity index (χ0n) is 13.1. The molecule has 25 heavy (non-hydrogen) atoms. The number of nitrogens with one attached hydrogen (secondary N) is 1. The zero-order valence-corrected chi connectivity index (χ0v) is 13.1. The van der Waals surface area contributed by atoms with E-state index < -0.39 is 11.6 Å². The van der Waals surface area contributed by atoms with Crippen LogP contribution in [0.4, 0.5) is 14.5 Å². The van der Waals surface area contributed by atoms with E-state index in [0.717, 1.165) is 11.8 Å². The maximum absolute atomic E-state index is 13.3. The summed E-state index contributed by atoms with van der Waals surface area (Å²) < 4.78 is 28.1. The fourth-order valence-electron chi connectivity index (χ4n) is 2.91. The number of carbonyl (C=O) groups excluding carboxylic acids is 1. The van der Waals surface area contributed by atoms with Crippen molar-refractivity contribution in [1.82, 2.24) is 14.8 Å². The SMILES string of the molecule is O=C(Nc1cccc(-n2cnnc2)c1)[C@H]1C[C@@H]1c1ccc(F)c(F)c1. The molecular formula is C18H14F2N4O. The van der Waals surface area contributed by atoms with Crippen molar-refractivity contribution in [2.24, 2.45) is 5.92 Å². The maximum Gasteiger partial charge on any atom is 0.228 e. The minimum Gasteiger partial charge on any atom is -0.326 e. The van der Waals surface area contributed by atoms with Crippen LogP contribution in [0.3, 0.4) is 0 Å². The van der Waals surface area contributed by atoms with E-state index in [9.17, 15) is 13.6 Å². The highest BCUT2D eigenvalue weighted by molar-refractivity contribution is 5.95. The summed E-state index contributed by atoms with van der Waals surface area (Å²) in [5.41, 5.74) is 2.14. The standard InChI is InChI=1S/C18H14F2N4O/c19-16-5-4-11(6-17(16)20)14-8-15(14)18(25)23-12-2-1-3-13(7-12)24-9-21-22-10-24/h1-7,9-10,14-15H,8H2,(H,23,25)/t14-,15+/m1/s1. The monoisotopic (exact) mass is 340 g/mol. The second kappa shape index (κ2) is 6.08. The van der Waals surface area contributed by atoms with Crippen LogP contribution in [0.5, 0.6) is 0 Å². The molecule has 0 spiro atoms. The molecule has 0 saturated heterocycles. The predicted octanol–water partition coefficient (Wildman–Crippen LogP) is 3.29. The fraction of sp³-hybridized carbons (Fsp3) is 0.167. The van der Waals surface area contributed by atoms with E-state index in [-0.39, 0.29) is 17.7 Å². The van der Waals surface area contributed by atoms with Gasteiger partial charge in [-0.1, -0.05) is 12.1 Å². The van der Waals surface area contributed by atoms with Crippen molar-refractivity contribution < 1.29 is 13.6 Å². The summed E-state index contributed by atoms with van der Waals surface area (Å²) in [7, 11) is 0. The van der Waals surface area contributed by atoms with Crippen LogP contribution >= 0.6 is 0 Å². The molecule has 7 heteroatoms. The van der Waals surface area contributed by atoms with Crippen LogP contribution in [0, 0.1) is 17.6 Å². The van der Waals surface area contributed by atoms with Crippen molar-refractivity contribution in [2.45, 2.75) is 12.3 Å². The number of halogens is 2. The second-order valence-corrected chi connectivity index (χ2v) is 6.03. The number of carbonyl (C=O) groups is 1. The molecule has 126 valence electrons. The lowest BCUT2D eigenvalue weighted by Gasteiger charge is -2.08. The van der Waals surface area contributed by atoms with Gasteiger partial charge in [0.2, 0.25) is 5.91 Å². The minimum atomic E-state index is -0.884. The maximum atomic E-state index is 13.3. The van der Waals surface area contributed by atoms with Gasteiger partial charge in [-0.2, -0.15) is 0 Å². The highest BCUT2D eigenvalue weighted by Gasteiger charge is 2.44. The first-order valence-electron chi connectivity index (χ1n) is 7.83. The third kappa shape index (κ3) is 3.13. The van der Waals surface area contributed by atoms with Crippen LogP contribution in [0.25, 0.3) is 5.69 Å². The van der Waals surface area contributed by atoms with Gasteiger partial charge >= 0.3 is 0 Å². The molecule has 1 saturated carbocycles. The van der Waals surface area contributed by atoms with Gasteiger partial charge in [-0.3, -0.25) is 9.36 Å². The van der Waals surface area contributed by atoms with Crippen molar-refractivity contribution in [3.05, 3.63) is 72.3 Å². The normalized spacial score (nSPS) is 18.8. The minimum absolute atomic E-state index is 0.0730. The number of aromatic nitrogens is 3. The average Bonchev–Trinajstić information content (AvgIpc) is 3.22. The number of nitrogens with zero attached hydrogens (tertiary/aromatic N) is 3. The molecule has 1 aliphatic carbocycles. The highest BCUT2D eigenvalue weighted by Crippen LogP contribution is 2.48. The summed E-state index contributed by atoms with van der Waals surface area (Å²) in [6.45, 7) is 0. The highest BCUT2D eigenvalue weighted by atomic mass is 19.2. The molecule has 1 heterocycles. The van der Waals surface area contributed by atoms with Crippen molar-refractivity contribution in [3.63, 3.8) is 0 Å². The van der Waals surface area contributed by atoms with Gasteiger partial charge in [0, 0.05) is 11.6 Å². The van der Waals surface area contributed by atoms with Gasteiger partial charge in [0.15, 0.2) is 11.6 Å². The molecule has 0 unspecified atom stereocenters. The molecular weight excluding hydrogens is 326 g/mol. The lowest BCUT2D eigenvalue weighted by Crippen LogP contribution is -2.14. The molecule has 2 atom stereocenters. The van der Waals surface area contributed by atoms with Gasteiger partial charge < -0.3 is 5.32 Å². The van der Waals surface area contributed by atoms with Crippen molar-refractivity contribution in [3.8, 4) is 5.69 Å². The van der Waals surface area contributed by atoms with Gasteiger partial charge in [-0.05, 0) is 48.2 Å². The topological polar surface area (TPSA) is 59.8 Å². The number of amides is 1. The summed E-state index contributed by atoms with van der Waals surface area (Å²) in [6.07, 6.45) is 3.77. The van der Waals surface area contributed by atoms with Crippen molar-refractivity contribution in [1.29, 1.82) is 0 Å². The molecule has 1 aromatic heterocycles. The molecule has 1 aliphatic rings. The number of rotatable bonds is 4. The van der Waals surface area contributed by atoms with Gasteiger partial charge in [0.1, 0.15) is 12.7 Å². The first kappa shape index (κ1) is 15.4. The molecule has 4 rings (SSSR count). The average molecular weight is 340 g/mol. The molecule has 2 aromatic carbocycles. The Morgan fingerprint density at radius 1 is 1.08 bits per heavy atom. The summed E-state index contributed by atoms with van der Waals surface area (Å²) in [6, 6.07) is 11.1. The molecule has 0 bridgehead atoms. The van der Waals surface area contributed by atoms with Crippen LogP contribution in [0.15, 0.2) is 55.1 Å². The summed E-state index contributed by atoms with van der Waals surface area (Å²) >= 11 is 0. The predicted molar refractivity (Wildman–Crippen MR) is 87.2 cm³/mol. The fourth-order valence-corrected chi connectivity index (χ4v) is 2.91. The van der Waals surface area contributed by atoms with E-state index in [2.05, 4.69) is 15.5 Å². The number of hydrogen-bond donors (Lipinski definition) is 1. The van der Waals surface area contributed by atoms with Crippen molar-refractivity contribution in [2.75, 3.05) is 5.32 Å². The first-order chi connectivity index (χ1) is 12.1. The van der Waals surface area contributed by atoms with E-state index in [1.807, 2.05) is 18.2 Å². The molecule has 1 N–H and O–H groups in total. The first-order valence-corrected chi connectivity index (χ1v) is 7.83. The third-order valence-electron chi connectivity index (χ3n) is 4.33. The van der Waals surface area contributed by atoms with Crippen LogP contribution in [0.1, 0.15) is 17.9 Å². The van der Waals surface area contributed by atoms with Crippen LogP contribution in [-0.4, -0.2) is 20.7 Å². The lowest BCUT2D eigenvalue weighted by molar-refractivity contribution is -0.117. The Labute approximate surface area is 142 Å². The van der Waals surface area contributed by atoms with Gasteiger partial charge in [0.05, 0.1) is 5.69 Å². The Kier molecular flexibility index (Phi) is 3.76. The van der Waals surface area contributed by atoms with Crippen LogP contribution < -0.4 is 5.32 Å². The lowest BCUT2D eigenvalue weighted by atomic mass is 10.1. The quantitative estimate of drug-likeness (QED) is 0.793. The number of anilines is 1. The number of hydrogen-bond acceptors (Lipinski definition) is 3. The Bertz CT molecular complexity index is 927. The van der Waals surface area contributed by atoms with E-state index in [4.69, 9.17) is 0 Å². The summed E-state index contributed by atoms with van der Waals surface area (Å²) in [4.78, 5) is 12.4. The van der Waals surface area contributed by atoms with E-state index in [1.165, 1.54) is 12.1 Å². The molecule has 0 aliphatic heterocycles. The molecule has 5 nitrogen and oxygen atoms in total. The van der Waals surface area contributed by atoms with Gasteiger partial charge in [0.25, 0.3) is 0 Å². The zero-order chi connectivity index (χ0) is 17.4. The smallest absolute Gasteiger partial charge is 0.228 e. The Morgan fingerprint density at radius 2 is 1.88 bits per heavy atom. The van der Waals surface area contributed by atoms with Gasteiger partial charge in [-0.25, -0.2) is 8.78 Å². The van der Waals surface area contributed by atoms with E-state index >= 15 is 0 Å². The Hall–Kier alpha value is -3.09. The Morgan fingerprint density at radius 3 is 2.64 bits per heavy atom. The molecule has 1 fully saturated rings. The third-order valence-corrected chi connectivity index (χ3v) is 4.33. The summed E-state index contributed by atoms with van der Waals surface area (Å²) in [5, 5.41) is 10.4. The second-order valence-electron chi connectivity index (χ2n) is 6.03. The van der Waals surface area contributed by atoms with Crippen molar-refractivity contribution >= 4 is 11.6 Å². The van der Waals surface area contributed by atoms with Crippen LogP contribution in [-0.2, 0) is 4.79 Å². The largest absolute Gasteiger partial charge is 0.326 e. The van der Waals surface area contributed by atoms with E-state index in [0.29, 0.717) is 17.7 Å². The number of benzene rings is 2. The Balaban J connectivity index is 1.45. The van der Waals surface area contributed by atoms with Crippen LogP contribution in [0.2, 0.25) is 0 Å². The van der Waals surface area contributed by atoms with Gasteiger partial charge in [-0.15, -0.1) is 10.2 Å². The molecule has 1 amide bonds. The molecule has 3 aromatic rings. The molecule has 0 radical (unpaired) electrons. The van der Waals surface area contributed by atoms with E-state index in [1.54, 1.807) is 23.3 Å². The summed E-state index contributed by atoms with van der Waals surface area (Å²) in [5.74, 6) is -2.20.